The Bertz CT molecular complexity index is 1450. The van der Waals surface area contributed by atoms with E-state index in [1.54, 1.807) is 12.3 Å². The molecule has 2 bridgehead atoms. The van der Waals surface area contributed by atoms with Gasteiger partial charge in [-0.25, -0.2) is 4.98 Å². The van der Waals surface area contributed by atoms with E-state index in [1.165, 1.54) is 24.8 Å². The van der Waals surface area contributed by atoms with Gasteiger partial charge < -0.3 is 37.4 Å². The third-order valence-electron chi connectivity index (χ3n) is 8.21. The third kappa shape index (κ3) is 7.04. The Morgan fingerprint density at radius 1 is 1.16 bits per heavy atom. The molecule has 0 radical (unpaired) electrons. The zero-order chi connectivity index (χ0) is 29.3. The molecule has 230 valence electrons. The highest BCUT2D eigenvalue weighted by molar-refractivity contribution is 6.04. The first-order chi connectivity index (χ1) is 20.2. The standard InChI is InChI=1S/C30H33F3N6O3.ClH/c1-19-26(14-23(16-34-19)37-28(40)20-3-2-4-22(11-20)30(31,32)33)21-12-27(38-5-8-41-9-6-38)29(36-15-21)42-10-7-39-18-24-13-25(39)17-35-24;/h2-4,11-12,14-16,24-25,35H,5-10,13,17-18H2,1H3,(H,37,40);1H. The number of pyridine rings is 2. The number of aromatic nitrogens is 2. The number of aryl methyl sites for hydroxylation is 1. The van der Waals surface area contributed by atoms with Crippen molar-refractivity contribution in [1.82, 2.24) is 14.9 Å². The number of anilines is 2. The number of quaternary nitrogens is 1. The van der Waals surface area contributed by atoms with Crippen molar-refractivity contribution in [3.63, 3.8) is 0 Å². The highest BCUT2D eigenvalue weighted by Gasteiger charge is 2.41. The maximum Gasteiger partial charge on any atom is 0.416 e. The SMILES string of the molecule is Cc1ncc(NC(=O)c2cccc(C(F)(F)F)c2)cc1-c1cnc(OCCN2CC3CC2C[NH2+]3)c(N2CCOCC2)c1.[Cl-]. The summed E-state index contributed by atoms with van der Waals surface area (Å²) in [5, 5.41) is 5.11. The van der Waals surface area contributed by atoms with Crippen LogP contribution in [0, 0.1) is 6.92 Å². The lowest BCUT2D eigenvalue weighted by molar-refractivity contribution is -0.677. The molecule has 5 heterocycles. The van der Waals surface area contributed by atoms with E-state index >= 15 is 0 Å². The van der Waals surface area contributed by atoms with Crippen molar-refractivity contribution in [3.05, 3.63) is 65.6 Å². The zero-order valence-corrected chi connectivity index (χ0v) is 24.5. The van der Waals surface area contributed by atoms with Gasteiger partial charge in [-0.15, -0.1) is 0 Å². The minimum Gasteiger partial charge on any atom is -1.00 e. The Morgan fingerprint density at radius 3 is 2.70 bits per heavy atom. The Morgan fingerprint density at radius 2 is 1.98 bits per heavy atom. The molecule has 43 heavy (non-hydrogen) atoms. The van der Waals surface area contributed by atoms with Crippen molar-refractivity contribution in [2.75, 3.05) is 62.8 Å². The fourth-order valence-electron chi connectivity index (χ4n) is 5.99. The predicted molar refractivity (Wildman–Crippen MR) is 151 cm³/mol. The minimum atomic E-state index is -4.54. The van der Waals surface area contributed by atoms with E-state index in [1.807, 2.05) is 13.0 Å². The number of halogens is 4. The van der Waals surface area contributed by atoms with Crippen LogP contribution in [0.1, 0.15) is 28.0 Å². The summed E-state index contributed by atoms with van der Waals surface area (Å²) in [4.78, 5) is 26.7. The highest BCUT2D eigenvalue weighted by Crippen LogP contribution is 2.34. The van der Waals surface area contributed by atoms with Gasteiger partial charge >= 0.3 is 6.18 Å². The molecule has 3 N–H and O–H groups in total. The molecule has 2 aromatic heterocycles. The number of nitrogens with two attached hydrogens (primary N) is 1. The first-order valence-corrected chi connectivity index (χ1v) is 14.2. The summed E-state index contributed by atoms with van der Waals surface area (Å²) in [7, 11) is 0. The van der Waals surface area contributed by atoms with Crippen molar-refractivity contribution in [3.8, 4) is 17.0 Å². The molecule has 2 unspecified atom stereocenters. The fraction of sp³-hybridized carbons (Fsp3) is 0.433. The largest absolute Gasteiger partial charge is 1.00 e. The lowest BCUT2D eigenvalue weighted by Gasteiger charge is -2.30. The van der Waals surface area contributed by atoms with E-state index in [4.69, 9.17) is 14.5 Å². The molecule has 1 amide bonds. The smallest absolute Gasteiger partial charge is 0.416 e. The number of nitrogens with zero attached hydrogens (tertiary/aromatic N) is 4. The van der Waals surface area contributed by atoms with E-state index in [9.17, 15) is 18.0 Å². The molecule has 2 atom stereocenters. The minimum absolute atomic E-state index is 0. The normalized spacial score (nSPS) is 20.1. The number of rotatable bonds is 8. The topological polar surface area (TPSA) is 96.4 Å². The van der Waals surface area contributed by atoms with Gasteiger partial charge in [0.1, 0.15) is 18.3 Å². The number of carbonyl (C=O) groups excluding carboxylic acids is 1. The molecular weight excluding hydrogens is 585 g/mol. The molecule has 9 nitrogen and oxygen atoms in total. The van der Waals surface area contributed by atoms with E-state index in [0.29, 0.717) is 56.6 Å². The number of amides is 1. The Hall–Kier alpha value is -3.45. The van der Waals surface area contributed by atoms with Crippen LogP contribution in [0.15, 0.2) is 48.8 Å². The van der Waals surface area contributed by atoms with Crippen LogP contribution >= 0.6 is 0 Å². The van der Waals surface area contributed by atoms with Crippen LogP contribution in [0.25, 0.3) is 11.1 Å². The van der Waals surface area contributed by atoms with Crippen molar-refractivity contribution < 1.29 is 45.2 Å². The molecular formula is C30H34ClF3N6O3. The first kappa shape index (κ1) is 31.0. The van der Waals surface area contributed by atoms with E-state index < -0.39 is 17.6 Å². The van der Waals surface area contributed by atoms with Crippen LogP contribution in [0.4, 0.5) is 24.5 Å². The monoisotopic (exact) mass is 618 g/mol. The number of nitrogens with one attached hydrogen (secondary N) is 1. The van der Waals surface area contributed by atoms with Crippen molar-refractivity contribution >= 4 is 17.3 Å². The summed E-state index contributed by atoms with van der Waals surface area (Å²) >= 11 is 0. The van der Waals surface area contributed by atoms with Gasteiger partial charge in [-0.05, 0) is 37.3 Å². The van der Waals surface area contributed by atoms with Crippen LogP contribution in [-0.4, -0.2) is 85.4 Å². The molecule has 6 rings (SSSR count). The molecule has 3 fully saturated rings. The molecule has 3 aliphatic rings. The lowest BCUT2D eigenvalue weighted by Crippen LogP contribution is -3.00. The highest BCUT2D eigenvalue weighted by atomic mass is 35.5. The van der Waals surface area contributed by atoms with Gasteiger partial charge in [0.15, 0.2) is 0 Å². The number of hydrogen-bond acceptors (Lipinski definition) is 7. The maximum atomic E-state index is 13.1. The maximum absolute atomic E-state index is 13.1. The van der Waals surface area contributed by atoms with Crippen LogP contribution in [0.2, 0.25) is 0 Å². The molecule has 1 aromatic carbocycles. The van der Waals surface area contributed by atoms with Crippen molar-refractivity contribution in [2.45, 2.75) is 31.6 Å². The summed E-state index contributed by atoms with van der Waals surface area (Å²) in [5.74, 6) is -0.0890. The number of likely N-dealkylation sites (tertiary alicyclic amines) is 1. The second-order valence-corrected chi connectivity index (χ2v) is 11.0. The van der Waals surface area contributed by atoms with Gasteiger partial charge in [0, 0.05) is 54.6 Å². The lowest BCUT2D eigenvalue weighted by atomic mass is 10.0. The van der Waals surface area contributed by atoms with Gasteiger partial charge in [0.2, 0.25) is 5.88 Å². The summed E-state index contributed by atoms with van der Waals surface area (Å²) < 4.78 is 51.2. The molecule has 0 spiro atoms. The van der Waals surface area contributed by atoms with Gasteiger partial charge in [-0.1, -0.05) is 6.07 Å². The molecule has 13 heteroatoms. The van der Waals surface area contributed by atoms with E-state index in [2.05, 4.69) is 25.4 Å². The van der Waals surface area contributed by atoms with Gasteiger partial charge in [0.05, 0.1) is 49.8 Å². The molecule has 3 aromatic rings. The first-order valence-electron chi connectivity index (χ1n) is 14.2. The number of morpholine rings is 1. The quantitative estimate of drug-likeness (QED) is 0.366. The Kier molecular flexibility index (Phi) is 9.40. The second kappa shape index (κ2) is 13.0. The van der Waals surface area contributed by atoms with Gasteiger partial charge in [-0.2, -0.15) is 13.2 Å². The Labute approximate surface area is 254 Å². The van der Waals surface area contributed by atoms with Crippen molar-refractivity contribution in [1.29, 1.82) is 0 Å². The summed E-state index contributed by atoms with van der Waals surface area (Å²) in [6.45, 7) is 8.14. The second-order valence-electron chi connectivity index (χ2n) is 11.0. The van der Waals surface area contributed by atoms with Crippen LogP contribution in [0.3, 0.4) is 0 Å². The molecule has 0 aliphatic carbocycles. The number of alkyl halides is 3. The van der Waals surface area contributed by atoms with Crippen LogP contribution in [-0.2, 0) is 10.9 Å². The number of carbonyl (C=O) groups is 1. The number of piperazine rings is 1. The fourth-order valence-corrected chi connectivity index (χ4v) is 5.99. The van der Waals surface area contributed by atoms with Crippen LogP contribution < -0.4 is 32.7 Å². The number of hydrogen-bond donors (Lipinski definition) is 2. The van der Waals surface area contributed by atoms with E-state index in [0.717, 1.165) is 54.3 Å². The number of benzene rings is 1. The predicted octanol–water partition coefficient (Wildman–Crippen LogP) is -0.0376. The van der Waals surface area contributed by atoms with E-state index in [-0.39, 0.29) is 18.0 Å². The van der Waals surface area contributed by atoms with Gasteiger partial charge in [-0.3, -0.25) is 14.7 Å². The number of ether oxygens (including phenoxy) is 2. The molecule has 3 saturated heterocycles. The molecule has 3 aliphatic heterocycles. The van der Waals surface area contributed by atoms with Crippen molar-refractivity contribution in [2.24, 2.45) is 0 Å². The molecule has 0 saturated carbocycles. The summed E-state index contributed by atoms with van der Waals surface area (Å²) in [5.41, 5.74) is 2.51. The van der Waals surface area contributed by atoms with Crippen LogP contribution in [0.5, 0.6) is 5.88 Å². The third-order valence-corrected chi connectivity index (χ3v) is 8.21. The number of fused-ring (bicyclic) bond motifs is 2. The average Bonchev–Trinajstić information content (AvgIpc) is 3.62. The summed E-state index contributed by atoms with van der Waals surface area (Å²) in [6.07, 6.45) is -0.0727. The average molecular weight is 619 g/mol. The summed E-state index contributed by atoms with van der Waals surface area (Å²) in [6, 6.07) is 9.44. The zero-order valence-electron chi connectivity index (χ0n) is 23.7. The van der Waals surface area contributed by atoms with Gasteiger partial charge in [0.25, 0.3) is 5.91 Å². The Balaban J connectivity index is 0.00000368.